The minimum Gasteiger partial charge on any atom is -0.462 e. The number of rotatable bonds is 36. The van der Waals surface area contributed by atoms with Gasteiger partial charge in [0, 0.05) is 12.8 Å². The van der Waals surface area contributed by atoms with Crippen LogP contribution in [0, 0.1) is 0 Å². The summed E-state index contributed by atoms with van der Waals surface area (Å²) in [5.74, 6) is -1.22. The Morgan fingerprint density at radius 2 is 0.932 bits per heavy atom. The number of carbonyl (C=O) groups is 2. The first-order valence-corrected chi connectivity index (χ1v) is 24.9. The van der Waals surface area contributed by atoms with Gasteiger partial charge in [-0.25, -0.2) is 9.13 Å². The standard InChI is InChI=1S/C41H76O16P2/c1-3-5-7-9-11-13-15-17-19-21-23-25-27-29-34(42)53-31-33(55-35(43)30-28-26-24-22-20-18-16-14-12-10-8-6-4-2)32-54-59(51,52)57-41-38(46)36(44)37(45)40(39(41)47)56-58(48,49)50/h13-16,33,36-41,44-47H,3-12,17-32H2,1-2H3,(H,51,52)(H2,48,49,50). The first-order valence-electron chi connectivity index (χ1n) is 21.9. The maximum Gasteiger partial charge on any atom is 0.472 e. The number of phosphoric acid groups is 2. The third kappa shape index (κ3) is 27.9. The van der Waals surface area contributed by atoms with E-state index >= 15 is 0 Å². The van der Waals surface area contributed by atoms with Gasteiger partial charge in [0.05, 0.1) is 6.61 Å². The lowest BCUT2D eigenvalue weighted by Gasteiger charge is -2.43. The van der Waals surface area contributed by atoms with Crippen molar-refractivity contribution in [3.63, 3.8) is 0 Å². The Morgan fingerprint density at radius 3 is 1.39 bits per heavy atom. The van der Waals surface area contributed by atoms with Crippen molar-refractivity contribution in [1.29, 1.82) is 0 Å². The number of aliphatic hydroxyl groups excluding tert-OH is 4. The van der Waals surface area contributed by atoms with Crippen LogP contribution in [0.25, 0.3) is 0 Å². The van der Waals surface area contributed by atoms with Crippen molar-refractivity contribution in [3.8, 4) is 0 Å². The second kappa shape index (κ2) is 33.1. The van der Waals surface area contributed by atoms with Crippen molar-refractivity contribution < 1.29 is 76.9 Å². The van der Waals surface area contributed by atoms with Gasteiger partial charge in [-0.3, -0.25) is 23.2 Å². The summed E-state index contributed by atoms with van der Waals surface area (Å²) in [6.07, 6.45) is 17.2. The van der Waals surface area contributed by atoms with Gasteiger partial charge in [0.2, 0.25) is 0 Å². The molecule has 59 heavy (non-hydrogen) atoms. The molecule has 7 N–H and O–H groups in total. The second-order valence-corrected chi connectivity index (χ2v) is 18.0. The highest BCUT2D eigenvalue weighted by atomic mass is 31.2. The summed E-state index contributed by atoms with van der Waals surface area (Å²) < 4.78 is 49.2. The van der Waals surface area contributed by atoms with E-state index in [1.807, 2.05) is 0 Å². The molecule has 18 heteroatoms. The number of unbranched alkanes of at least 4 members (excludes halogenated alkanes) is 18. The molecular weight excluding hydrogens is 810 g/mol. The first-order chi connectivity index (χ1) is 28.1. The molecule has 0 amide bonds. The molecule has 16 nitrogen and oxygen atoms in total. The average Bonchev–Trinajstić information content (AvgIpc) is 3.18. The van der Waals surface area contributed by atoms with E-state index in [1.54, 1.807) is 0 Å². The summed E-state index contributed by atoms with van der Waals surface area (Å²) in [5, 5.41) is 41.1. The zero-order valence-corrected chi connectivity index (χ0v) is 37.2. The molecule has 0 saturated heterocycles. The fraction of sp³-hybridized carbons (Fsp3) is 0.854. The summed E-state index contributed by atoms with van der Waals surface area (Å²) in [4.78, 5) is 54.1. The smallest absolute Gasteiger partial charge is 0.462 e. The largest absolute Gasteiger partial charge is 0.472 e. The number of hydrogen-bond donors (Lipinski definition) is 7. The van der Waals surface area contributed by atoms with Crippen molar-refractivity contribution in [2.75, 3.05) is 13.2 Å². The maximum atomic E-state index is 12.9. The highest BCUT2D eigenvalue weighted by Gasteiger charge is 2.54. The molecule has 0 heterocycles. The number of ether oxygens (including phenoxy) is 2. The molecule has 0 radical (unpaired) electrons. The van der Waals surface area contributed by atoms with E-state index in [2.05, 4.69) is 42.7 Å². The van der Waals surface area contributed by atoms with Crippen LogP contribution >= 0.6 is 15.6 Å². The fourth-order valence-corrected chi connectivity index (χ4v) is 8.08. The van der Waals surface area contributed by atoms with Crippen LogP contribution in [0.1, 0.15) is 168 Å². The Hall–Kier alpha value is -1.52. The Balaban J connectivity index is 2.65. The number of esters is 2. The number of allylic oxidation sites excluding steroid dienone is 4. The van der Waals surface area contributed by atoms with Crippen LogP contribution in [0.3, 0.4) is 0 Å². The number of hydrogen-bond acceptors (Lipinski definition) is 13. The van der Waals surface area contributed by atoms with Crippen LogP contribution in [0.2, 0.25) is 0 Å². The normalized spacial score (nSPS) is 22.8. The lowest BCUT2D eigenvalue weighted by molar-refractivity contribution is -0.216. The van der Waals surface area contributed by atoms with Crippen LogP contribution in [-0.2, 0) is 41.8 Å². The Bertz CT molecular complexity index is 1260. The van der Waals surface area contributed by atoms with E-state index in [0.717, 1.165) is 77.0 Å². The Labute approximate surface area is 352 Å². The molecule has 0 aliphatic heterocycles. The minimum absolute atomic E-state index is 0.0335. The minimum atomic E-state index is -5.36. The summed E-state index contributed by atoms with van der Waals surface area (Å²) >= 11 is 0. The summed E-state index contributed by atoms with van der Waals surface area (Å²) in [6, 6.07) is 0. The molecule has 8 unspecified atom stereocenters. The van der Waals surface area contributed by atoms with E-state index in [4.69, 9.17) is 28.3 Å². The van der Waals surface area contributed by atoms with Gasteiger partial charge in [-0.2, -0.15) is 0 Å². The van der Waals surface area contributed by atoms with Gasteiger partial charge in [0.1, 0.15) is 43.2 Å². The molecule has 0 spiro atoms. The van der Waals surface area contributed by atoms with Crippen LogP contribution in [0.5, 0.6) is 0 Å². The SMILES string of the molecule is CCCCCCC=CCCCCCCCC(=O)OCC(COP(=O)(O)OC1C(O)C(O)C(O)C(OP(=O)(O)O)C1O)OC(=O)CCCCCCCC=CCCCCCC. The monoisotopic (exact) mass is 886 g/mol. The van der Waals surface area contributed by atoms with Gasteiger partial charge in [-0.05, 0) is 64.2 Å². The van der Waals surface area contributed by atoms with Gasteiger partial charge in [-0.1, -0.05) is 115 Å². The lowest BCUT2D eigenvalue weighted by atomic mass is 9.85. The summed E-state index contributed by atoms with van der Waals surface area (Å²) in [7, 11) is -10.7. The third-order valence-electron chi connectivity index (χ3n) is 10.00. The van der Waals surface area contributed by atoms with Crippen molar-refractivity contribution in [2.45, 2.75) is 211 Å². The topological polar surface area (TPSA) is 256 Å². The first kappa shape index (κ1) is 55.5. The fourth-order valence-electron chi connectivity index (χ4n) is 6.54. The number of carbonyl (C=O) groups excluding carboxylic acids is 2. The Morgan fingerprint density at radius 1 is 0.525 bits per heavy atom. The van der Waals surface area contributed by atoms with Gasteiger partial charge >= 0.3 is 27.6 Å². The molecule has 346 valence electrons. The second-order valence-electron chi connectivity index (χ2n) is 15.4. The van der Waals surface area contributed by atoms with Crippen LogP contribution in [0.4, 0.5) is 0 Å². The highest BCUT2D eigenvalue weighted by Crippen LogP contribution is 2.49. The van der Waals surface area contributed by atoms with E-state index in [1.165, 1.54) is 51.4 Å². The van der Waals surface area contributed by atoms with Gasteiger partial charge < -0.3 is 44.6 Å². The van der Waals surface area contributed by atoms with Crippen molar-refractivity contribution >= 4 is 27.6 Å². The molecule has 1 aliphatic rings. The molecule has 1 saturated carbocycles. The van der Waals surface area contributed by atoms with Gasteiger partial charge in [0.25, 0.3) is 0 Å². The van der Waals surface area contributed by atoms with Crippen molar-refractivity contribution in [3.05, 3.63) is 24.3 Å². The lowest BCUT2D eigenvalue weighted by Crippen LogP contribution is -2.64. The molecular formula is C41H76O16P2. The molecule has 0 bridgehead atoms. The van der Waals surface area contributed by atoms with Crippen LogP contribution in [-0.4, -0.2) is 103 Å². The van der Waals surface area contributed by atoms with E-state index in [-0.39, 0.29) is 12.8 Å². The van der Waals surface area contributed by atoms with Crippen LogP contribution < -0.4 is 0 Å². The van der Waals surface area contributed by atoms with Gasteiger partial charge in [0.15, 0.2) is 6.10 Å². The van der Waals surface area contributed by atoms with E-state index < -0.39 is 83.5 Å². The maximum absolute atomic E-state index is 12.9. The third-order valence-corrected chi connectivity index (χ3v) is 11.5. The van der Waals surface area contributed by atoms with E-state index in [0.29, 0.717) is 12.8 Å². The molecule has 0 aromatic rings. The van der Waals surface area contributed by atoms with E-state index in [9.17, 15) is 44.0 Å². The zero-order valence-electron chi connectivity index (χ0n) is 35.4. The number of aliphatic hydroxyl groups is 4. The van der Waals surface area contributed by atoms with Crippen LogP contribution in [0.15, 0.2) is 24.3 Å². The predicted molar refractivity (Wildman–Crippen MR) is 223 cm³/mol. The zero-order chi connectivity index (χ0) is 43.9. The van der Waals surface area contributed by atoms with Crippen molar-refractivity contribution in [1.82, 2.24) is 0 Å². The molecule has 8 atom stereocenters. The molecule has 1 fully saturated rings. The van der Waals surface area contributed by atoms with Gasteiger partial charge in [-0.15, -0.1) is 0 Å². The molecule has 1 rings (SSSR count). The highest BCUT2D eigenvalue weighted by molar-refractivity contribution is 7.47. The average molecular weight is 887 g/mol. The van der Waals surface area contributed by atoms with Crippen molar-refractivity contribution in [2.24, 2.45) is 0 Å². The molecule has 1 aliphatic carbocycles. The molecule has 0 aromatic heterocycles. The predicted octanol–water partition coefficient (Wildman–Crippen LogP) is 7.39. The quantitative estimate of drug-likeness (QED) is 0.0140. The summed E-state index contributed by atoms with van der Waals surface area (Å²) in [5.41, 5.74) is 0. The Kier molecular flexibility index (Phi) is 31.1. The number of phosphoric ester groups is 2. The summed E-state index contributed by atoms with van der Waals surface area (Å²) in [6.45, 7) is 3.04. The molecule has 0 aromatic carbocycles.